The van der Waals surface area contributed by atoms with Crippen LogP contribution in [0.4, 0.5) is 0 Å². The molecule has 5 nitrogen and oxygen atoms in total. The second-order valence-corrected chi connectivity index (χ2v) is 12.8. The average molecular weight is 553 g/mol. The maximum absolute atomic E-state index is 12.2. The van der Waals surface area contributed by atoms with Crippen molar-refractivity contribution in [2.24, 2.45) is 34.7 Å². The number of carbonyl (C=O) groups is 1. The van der Waals surface area contributed by atoms with Crippen LogP contribution in [0.3, 0.4) is 0 Å². The summed E-state index contributed by atoms with van der Waals surface area (Å²) >= 11 is 0. The third kappa shape index (κ3) is 9.46. The number of hydrogen-bond acceptors (Lipinski definition) is 4. The molecule has 3 atom stereocenters. The van der Waals surface area contributed by atoms with Crippen LogP contribution >= 0.6 is 0 Å². The molecule has 4 aliphatic rings. The molecule has 3 aliphatic carbocycles. The number of hydrogen-bond donors (Lipinski definition) is 2. The molecule has 2 N–H and O–H groups in total. The molecule has 40 heavy (non-hydrogen) atoms. The van der Waals surface area contributed by atoms with Gasteiger partial charge in [-0.1, -0.05) is 55.5 Å². The summed E-state index contributed by atoms with van der Waals surface area (Å²) in [7, 11) is 0. The van der Waals surface area contributed by atoms with Gasteiger partial charge in [-0.25, -0.2) is 0 Å². The molecule has 4 rings (SSSR count). The highest BCUT2D eigenvalue weighted by molar-refractivity contribution is 6.12. The number of rotatable bonds is 10. The molecular weight excluding hydrogens is 496 g/mol. The topological polar surface area (TPSA) is 73.1 Å². The van der Waals surface area contributed by atoms with Crippen molar-refractivity contribution in [2.75, 3.05) is 19.6 Å². The number of carboxylic acids is 1. The lowest BCUT2D eigenvalue weighted by Crippen LogP contribution is -2.37. The molecule has 0 amide bonds. The lowest BCUT2D eigenvalue weighted by Gasteiger charge is -2.34. The van der Waals surface area contributed by atoms with Crippen LogP contribution in [0.25, 0.3) is 0 Å². The fraction of sp³-hybridized carbons (Fsp3) is 0.714. The van der Waals surface area contributed by atoms with Crippen molar-refractivity contribution in [3.8, 4) is 0 Å². The molecular formula is C35H56N2O3. The molecule has 5 heteroatoms. The van der Waals surface area contributed by atoms with Crippen LogP contribution in [0.5, 0.6) is 0 Å². The van der Waals surface area contributed by atoms with Gasteiger partial charge >= 0.3 is 5.97 Å². The summed E-state index contributed by atoms with van der Waals surface area (Å²) in [5.74, 6) is 1.73. The second-order valence-electron chi connectivity index (χ2n) is 12.8. The van der Waals surface area contributed by atoms with Gasteiger partial charge in [-0.15, -0.1) is 6.58 Å². The average Bonchev–Trinajstić information content (AvgIpc) is 3.42. The molecule has 0 aromatic carbocycles. The van der Waals surface area contributed by atoms with Gasteiger partial charge in [0.2, 0.25) is 0 Å². The summed E-state index contributed by atoms with van der Waals surface area (Å²) in [4.78, 5) is 14.8. The van der Waals surface area contributed by atoms with E-state index in [1.54, 1.807) is 6.08 Å². The van der Waals surface area contributed by atoms with E-state index in [0.717, 1.165) is 50.0 Å². The Morgan fingerprint density at radius 2 is 1.77 bits per heavy atom. The van der Waals surface area contributed by atoms with Gasteiger partial charge < -0.3 is 15.2 Å². The van der Waals surface area contributed by atoms with Crippen molar-refractivity contribution in [1.82, 2.24) is 4.90 Å². The predicted octanol–water partition coefficient (Wildman–Crippen LogP) is 8.81. The molecule has 0 spiro atoms. The van der Waals surface area contributed by atoms with Crippen LogP contribution in [0.15, 0.2) is 52.8 Å². The van der Waals surface area contributed by atoms with Crippen LogP contribution in [0, 0.1) is 29.6 Å². The fourth-order valence-corrected chi connectivity index (χ4v) is 7.66. The highest BCUT2D eigenvalue weighted by Gasteiger charge is 2.40. The number of carboxylic acid groups (broad SMARTS) is 1. The molecule has 0 aromatic rings. The van der Waals surface area contributed by atoms with E-state index in [2.05, 4.69) is 42.6 Å². The fourth-order valence-electron chi connectivity index (χ4n) is 7.66. The summed E-state index contributed by atoms with van der Waals surface area (Å²) < 4.78 is 0. The number of aliphatic carboxylic acids is 1. The quantitative estimate of drug-likeness (QED) is 0.161. The Bertz CT molecular complexity index is 932. The second kappa shape index (κ2) is 17.0. The van der Waals surface area contributed by atoms with E-state index in [0.29, 0.717) is 23.5 Å². The van der Waals surface area contributed by atoms with E-state index in [1.807, 2.05) is 13.0 Å². The van der Waals surface area contributed by atoms with Crippen LogP contribution in [-0.2, 0) is 4.79 Å². The van der Waals surface area contributed by atoms with E-state index >= 15 is 0 Å². The normalized spacial score (nSPS) is 27.6. The van der Waals surface area contributed by atoms with Gasteiger partial charge in [-0.2, -0.15) is 0 Å². The molecule has 0 radical (unpaired) electrons. The van der Waals surface area contributed by atoms with Gasteiger partial charge in [-0.05, 0) is 133 Å². The molecule has 224 valence electrons. The van der Waals surface area contributed by atoms with E-state index in [-0.39, 0.29) is 5.92 Å². The standard InChI is InChI=1S/C32H50N2O3.C3H6/c1-3-23(2)29-21-25(13-15-30(29)33-37)9-7-8-24-16-18-34(19-17-24)22-26-12-14-28(20-26)31(32(35)36)27-10-5-4-6-11-27;1-3-2/h13,15,21,24,26-28,31,37H,3-12,14,16-20,22H2,1-2H3,(H,35,36);3H,1H2,2H3/b29-23+,33-30-;. The van der Waals surface area contributed by atoms with Gasteiger partial charge in [-0.3, -0.25) is 4.79 Å². The van der Waals surface area contributed by atoms with Crippen molar-refractivity contribution in [3.05, 3.63) is 47.6 Å². The zero-order valence-corrected chi connectivity index (χ0v) is 25.6. The maximum atomic E-state index is 12.2. The van der Waals surface area contributed by atoms with E-state index in [4.69, 9.17) is 0 Å². The van der Waals surface area contributed by atoms with Crippen molar-refractivity contribution in [2.45, 2.75) is 111 Å². The zero-order valence-electron chi connectivity index (χ0n) is 25.6. The highest BCUT2D eigenvalue weighted by atomic mass is 16.4. The first-order valence-electron chi connectivity index (χ1n) is 16.2. The van der Waals surface area contributed by atoms with Crippen LogP contribution in [-0.4, -0.2) is 46.5 Å². The van der Waals surface area contributed by atoms with Crippen molar-refractivity contribution >= 4 is 11.7 Å². The third-order valence-electron chi connectivity index (χ3n) is 9.99. The first-order chi connectivity index (χ1) is 19.4. The number of piperidine rings is 1. The van der Waals surface area contributed by atoms with Crippen LogP contribution in [0.1, 0.15) is 111 Å². The number of oxime groups is 1. The molecule has 3 unspecified atom stereocenters. The maximum Gasteiger partial charge on any atom is 0.307 e. The van der Waals surface area contributed by atoms with E-state index < -0.39 is 5.97 Å². The smallest absolute Gasteiger partial charge is 0.307 e. The van der Waals surface area contributed by atoms with Gasteiger partial charge in [0.15, 0.2) is 0 Å². The Kier molecular flexibility index (Phi) is 13.7. The lowest BCUT2D eigenvalue weighted by atomic mass is 9.73. The first-order valence-corrected chi connectivity index (χ1v) is 16.2. The molecule has 1 aliphatic heterocycles. The molecule has 3 fully saturated rings. The molecule has 1 heterocycles. The third-order valence-corrected chi connectivity index (χ3v) is 9.99. The van der Waals surface area contributed by atoms with Crippen molar-refractivity contribution in [3.63, 3.8) is 0 Å². The molecule has 0 bridgehead atoms. The monoisotopic (exact) mass is 552 g/mol. The van der Waals surface area contributed by atoms with Crippen molar-refractivity contribution in [1.29, 1.82) is 0 Å². The Balaban J connectivity index is 0.00000141. The first kappa shape index (κ1) is 32.4. The Morgan fingerprint density at radius 3 is 2.40 bits per heavy atom. The van der Waals surface area contributed by atoms with E-state index in [1.165, 1.54) is 82.1 Å². The summed E-state index contributed by atoms with van der Waals surface area (Å²) in [5.41, 5.74) is 4.37. The van der Waals surface area contributed by atoms with Gasteiger partial charge in [0.05, 0.1) is 5.92 Å². The van der Waals surface area contributed by atoms with Crippen LogP contribution in [0.2, 0.25) is 0 Å². The van der Waals surface area contributed by atoms with E-state index in [9.17, 15) is 15.1 Å². The molecule has 1 saturated heterocycles. The number of allylic oxidation sites excluding steroid dienone is 7. The predicted molar refractivity (Wildman–Crippen MR) is 167 cm³/mol. The Hall–Kier alpha value is -2.14. The molecule has 2 saturated carbocycles. The zero-order chi connectivity index (χ0) is 28.9. The highest BCUT2D eigenvalue weighted by Crippen LogP contribution is 2.43. The van der Waals surface area contributed by atoms with Crippen LogP contribution < -0.4 is 0 Å². The number of likely N-dealkylation sites (tertiary alicyclic amines) is 1. The minimum Gasteiger partial charge on any atom is -0.481 e. The van der Waals surface area contributed by atoms with Crippen molar-refractivity contribution < 1.29 is 15.1 Å². The largest absolute Gasteiger partial charge is 0.481 e. The molecule has 0 aromatic heterocycles. The summed E-state index contributed by atoms with van der Waals surface area (Å²) in [6.45, 7) is 13.1. The minimum atomic E-state index is -0.521. The Morgan fingerprint density at radius 1 is 1.07 bits per heavy atom. The lowest BCUT2D eigenvalue weighted by molar-refractivity contribution is -0.146. The number of nitrogens with zero attached hydrogens (tertiary/aromatic N) is 2. The SMILES string of the molecule is C=CC.CC/C(C)=C1\C=C(CCCC2CCN(CC3CCC(C(C(=O)O)C4CCCCC4)C3)CC2)C=C\C1=N\O. The summed E-state index contributed by atoms with van der Waals surface area (Å²) in [5, 5.41) is 22.8. The minimum absolute atomic E-state index is 0.0925. The van der Waals surface area contributed by atoms with Gasteiger partial charge in [0, 0.05) is 12.1 Å². The Labute approximate surface area is 244 Å². The van der Waals surface area contributed by atoms with Gasteiger partial charge in [0.1, 0.15) is 5.71 Å². The summed E-state index contributed by atoms with van der Waals surface area (Å²) in [6.07, 6.45) is 24.7. The van der Waals surface area contributed by atoms with Gasteiger partial charge in [0.25, 0.3) is 0 Å². The summed E-state index contributed by atoms with van der Waals surface area (Å²) in [6, 6.07) is 0.